The van der Waals surface area contributed by atoms with Crippen molar-refractivity contribution in [3.8, 4) is 0 Å². The highest BCUT2D eigenvalue weighted by molar-refractivity contribution is 14.1. The van der Waals surface area contributed by atoms with E-state index in [1.165, 1.54) is 0 Å². The summed E-state index contributed by atoms with van der Waals surface area (Å²) in [5.41, 5.74) is 0. The number of rotatable bonds is 3. The second-order valence-electron chi connectivity index (χ2n) is 2.35. The Morgan fingerprint density at radius 1 is 1.50 bits per heavy atom. The van der Waals surface area contributed by atoms with Crippen LogP contribution in [0.4, 0.5) is 5.95 Å². The van der Waals surface area contributed by atoms with Crippen molar-refractivity contribution in [3.05, 3.63) is 16.0 Å². The van der Waals surface area contributed by atoms with Crippen molar-refractivity contribution >= 4 is 28.5 Å². The fraction of sp³-hybridized carbons (Fsp3) is 0.429. The molecule has 12 heavy (non-hydrogen) atoms. The molecular weight excluding hydrogens is 269 g/mol. The second kappa shape index (κ2) is 4.56. The fourth-order valence-corrected chi connectivity index (χ4v) is 1.03. The largest absolute Gasteiger partial charge is 0.395 e. The molecule has 0 amide bonds. The van der Waals surface area contributed by atoms with Gasteiger partial charge in [-0.15, -0.1) is 0 Å². The van der Waals surface area contributed by atoms with Gasteiger partial charge in [-0.2, -0.15) is 0 Å². The van der Waals surface area contributed by atoms with Crippen LogP contribution in [-0.4, -0.2) is 35.3 Å². The molecule has 0 radical (unpaired) electrons. The molecule has 1 rings (SSSR count). The van der Waals surface area contributed by atoms with Crippen molar-refractivity contribution in [2.45, 2.75) is 0 Å². The highest BCUT2D eigenvalue weighted by atomic mass is 127. The number of aliphatic hydroxyl groups excluding tert-OH is 1. The molecule has 1 aromatic rings. The number of hydrogen-bond donors (Lipinski definition) is 1. The quantitative estimate of drug-likeness (QED) is 0.819. The predicted molar refractivity (Wildman–Crippen MR) is 55.1 cm³/mol. The molecule has 0 atom stereocenters. The van der Waals surface area contributed by atoms with Gasteiger partial charge < -0.3 is 10.0 Å². The number of halogens is 1. The van der Waals surface area contributed by atoms with E-state index < -0.39 is 0 Å². The van der Waals surface area contributed by atoms with Gasteiger partial charge in [0.15, 0.2) is 0 Å². The van der Waals surface area contributed by atoms with Crippen LogP contribution >= 0.6 is 22.6 Å². The van der Waals surface area contributed by atoms with Crippen LogP contribution < -0.4 is 4.90 Å². The van der Waals surface area contributed by atoms with Crippen molar-refractivity contribution in [3.63, 3.8) is 0 Å². The molecule has 0 unspecified atom stereocenters. The van der Waals surface area contributed by atoms with E-state index in [2.05, 4.69) is 32.6 Å². The van der Waals surface area contributed by atoms with Gasteiger partial charge in [-0.3, -0.25) is 0 Å². The Hall–Kier alpha value is -0.430. The third-order valence-electron chi connectivity index (χ3n) is 1.38. The van der Waals surface area contributed by atoms with Gasteiger partial charge in [-0.05, 0) is 22.6 Å². The first-order valence-electron chi connectivity index (χ1n) is 3.53. The molecule has 0 aliphatic heterocycles. The van der Waals surface area contributed by atoms with Crippen LogP contribution in [0.3, 0.4) is 0 Å². The van der Waals surface area contributed by atoms with Gasteiger partial charge in [0.2, 0.25) is 5.95 Å². The van der Waals surface area contributed by atoms with Crippen LogP contribution in [0.15, 0.2) is 12.4 Å². The van der Waals surface area contributed by atoms with Gasteiger partial charge >= 0.3 is 0 Å². The Bertz CT molecular complexity index is 239. The fourth-order valence-electron chi connectivity index (χ4n) is 0.753. The van der Waals surface area contributed by atoms with E-state index in [0.29, 0.717) is 12.5 Å². The normalized spacial score (nSPS) is 9.92. The van der Waals surface area contributed by atoms with Crippen LogP contribution in [-0.2, 0) is 0 Å². The number of aliphatic hydroxyl groups is 1. The van der Waals surface area contributed by atoms with E-state index in [0.717, 1.165) is 3.57 Å². The van der Waals surface area contributed by atoms with E-state index in [9.17, 15) is 0 Å². The molecule has 1 aromatic heterocycles. The Morgan fingerprint density at radius 2 is 2.08 bits per heavy atom. The molecule has 0 fully saturated rings. The Balaban J connectivity index is 2.68. The van der Waals surface area contributed by atoms with Crippen LogP contribution in [0.2, 0.25) is 0 Å². The molecule has 5 heteroatoms. The maximum Gasteiger partial charge on any atom is 0.225 e. The van der Waals surface area contributed by atoms with Gasteiger partial charge in [0.05, 0.1) is 6.61 Å². The van der Waals surface area contributed by atoms with Gasteiger partial charge in [-0.25, -0.2) is 9.97 Å². The Morgan fingerprint density at radius 3 is 2.58 bits per heavy atom. The van der Waals surface area contributed by atoms with Gasteiger partial charge in [-0.1, -0.05) is 0 Å². The standard InChI is InChI=1S/C7H10IN3O/c1-11(2-3-12)7-9-4-6(8)5-10-7/h4-5,12H,2-3H2,1H3. The second-order valence-corrected chi connectivity index (χ2v) is 3.59. The summed E-state index contributed by atoms with van der Waals surface area (Å²) < 4.78 is 1.01. The van der Waals surface area contributed by atoms with Crippen molar-refractivity contribution in [2.75, 3.05) is 25.1 Å². The number of nitrogens with zero attached hydrogens (tertiary/aromatic N) is 3. The van der Waals surface area contributed by atoms with Gasteiger partial charge in [0.1, 0.15) is 0 Å². The minimum Gasteiger partial charge on any atom is -0.395 e. The maximum absolute atomic E-state index is 8.65. The molecule has 0 bridgehead atoms. The Labute approximate surface area is 84.8 Å². The van der Waals surface area contributed by atoms with E-state index in [4.69, 9.17) is 5.11 Å². The van der Waals surface area contributed by atoms with Crippen LogP contribution in [0, 0.1) is 3.57 Å². The molecule has 1 heterocycles. The SMILES string of the molecule is CN(CCO)c1ncc(I)cn1. The first-order valence-corrected chi connectivity index (χ1v) is 4.61. The molecule has 4 nitrogen and oxygen atoms in total. The first-order chi connectivity index (χ1) is 5.74. The van der Waals surface area contributed by atoms with E-state index in [1.54, 1.807) is 17.3 Å². The van der Waals surface area contributed by atoms with E-state index in [-0.39, 0.29) is 6.61 Å². The predicted octanol–water partition coefficient (Wildman–Crippen LogP) is 0.510. The zero-order valence-electron chi connectivity index (χ0n) is 6.74. The molecule has 0 aliphatic rings. The lowest BCUT2D eigenvalue weighted by Gasteiger charge is -2.14. The Kier molecular flexibility index (Phi) is 3.67. The first kappa shape index (κ1) is 9.66. The summed E-state index contributed by atoms with van der Waals surface area (Å²) in [6.45, 7) is 0.673. The van der Waals surface area contributed by atoms with Crippen molar-refractivity contribution in [1.82, 2.24) is 9.97 Å². The summed E-state index contributed by atoms with van der Waals surface area (Å²) in [4.78, 5) is 9.99. The topological polar surface area (TPSA) is 49.2 Å². The molecule has 1 N–H and O–H groups in total. The zero-order valence-corrected chi connectivity index (χ0v) is 8.89. The molecule has 0 saturated heterocycles. The van der Waals surface area contributed by atoms with Crippen LogP contribution in [0.25, 0.3) is 0 Å². The molecule has 0 saturated carbocycles. The lowest BCUT2D eigenvalue weighted by Crippen LogP contribution is -2.23. The maximum atomic E-state index is 8.65. The average Bonchev–Trinajstić information content (AvgIpc) is 2.06. The summed E-state index contributed by atoms with van der Waals surface area (Å²) in [5, 5.41) is 8.65. The number of anilines is 1. The monoisotopic (exact) mass is 279 g/mol. The molecular formula is C7H10IN3O. The highest BCUT2D eigenvalue weighted by Crippen LogP contribution is 2.05. The zero-order chi connectivity index (χ0) is 8.97. The molecule has 66 valence electrons. The van der Waals surface area contributed by atoms with Crippen LogP contribution in [0.1, 0.15) is 0 Å². The van der Waals surface area contributed by atoms with E-state index in [1.807, 2.05) is 7.05 Å². The highest BCUT2D eigenvalue weighted by Gasteiger charge is 2.01. The summed E-state index contributed by atoms with van der Waals surface area (Å²) >= 11 is 2.15. The van der Waals surface area contributed by atoms with Crippen molar-refractivity contribution in [2.24, 2.45) is 0 Å². The number of aromatic nitrogens is 2. The third-order valence-corrected chi connectivity index (χ3v) is 1.94. The van der Waals surface area contributed by atoms with Gasteiger partial charge in [0, 0.05) is 29.6 Å². The molecule has 0 spiro atoms. The van der Waals surface area contributed by atoms with E-state index >= 15 is 0 Å². The minimum absolute atomic E-state index is 0.117. The minimum atomic E-state index is 0.117. The lowest BCUT2D eigenvalue weighted by atomic mass is 10.6. The lowest BCUT2D eigenvalue weighted by molar-refractivity contribution is 0.303. The summed E-state index contributed by atoms with van der Waals surface area (Å²) in [6.07, 6.45) is 3.49. The summed E-state index contributed by atoms with van der Waals surface area (Å²) in [5.74, 6) is 0.643. The van der Waals surface area contributed by atoms with Gasteiger partial charge in [0.25, 0.3) is 0 Å². The smallest absolute Gasteiger partial charge is 0.225 e. The van der Waals surface area contributed by atoms with Crippen molar-refractivity contribution in [1.29, 1.82) is 0 Å². The van der Waals surface area contributed by atoms with Crippen molar-refractivity contribution < 1.29 is 5.11 Å². The molecule has 0 aliphatic carbocycles. The number of hydrogen-bond acceptors (Lipinski definition) is 4. The van der Waals surface area contributed by atoms with Crippen LogP contribution in [0.5, 0.6) is 0 Å². The summed E-state index contributed by atoms with van der Waals surface area (Å²) in [6, 6.07) is 0. The molecule has 0 aromatic carbocycles. The third kappa shape index (κ3) is 2.56. The summed E-state index contributed by atoms with van der Waals surface area (Å²) in [7, 11) is 1.85. The average molecular weight is 279 g/mol. The number of likely N-dealkylation sites (N-methyl/N-ethyl adjacent to an activating group) is 1.